The zero-order valence-electron chi connectivity index (χ0n) is 18.2. The molecule has 3 N–H and O–H groups in total. The Labute approximate surface area is 178 Å². The quantitative estimate of drug-likeness (QED) is 0.342. The molecule has 0 heterocycles. The van der Waals surface area contributed by atoms with E-state index in [1.807, 2.05) is 6.92 Å². The lowest BCUT2D eigenvalue weighted by molar-refractivity contribution is -0.138. The van der Waals surface area contributed by atoms with Crippen LogP contribution in [-0.4, -0.2) is 46.1 Å². The van der Waals surface area contributed by atoms with Crippen LogP contribution in [0, 0.1) is 12.5 Å². The van der Waals surface area contributed by atoms with E-state index >= 15 is 0 Å². The fourth-order valence-electron chi connectivity index (χ4n) is 2.62. The first-order valence-electron chi connectivity index (χ1n) is 9.85. The number of alkyl carbamates (subject to hydrolysis) is 1. The van der Waals surface area contributed by atoms with E-state index in [-0.39, 0.29) is 5.75 Å². The number of amides is 3. The summed E-state index contributed by atoms with van der Waals surface area (Å²) in [7, 11) is 0. The molecule has 0 aliphatic rings. The van der Waals surface area contributed by atoms with Crippen LogP contribution in [0.25, 0.3) is 0 Å². The van der Waals surface area contributed by atoms with Crippen molar-refractivity contribution in [3.8, 4) is 18.2 Å². The first-order chi connectivity index (χ1) is 14.0. The van der Waals surface area contributed by atoms with E-state index in [1.165, 1.54) is 19.1 Å². The van der Waals surface area contributed by atoms with Crippen LogP contribution in [0.5, 0.6) is 5.75 Å². The maximum atomic E-state index is 13.0. The highest BCUT2D eigenvalue weighted by molar-refractivity contribution is 5.93. The molecule has 2 atom stereocenters. The predicted molar refractivity (Wildman–Crippen MR) is 113 cm³/mol. The van der Waals surface area contributed by atoms with Gasteiger partial charge in [0.2, 0.25) is 5.91 Å². The molecule has 0 fully saturated rings. The van der Waals surface area contributed by atoms with Crippen molar-refractivity contribution in [3.63, 3.8) is 0 Å². The number of hydrogen-bond acceptors (Lipinski definition) is 5. The van der Waals surface area contributed by atoms with Crippen molar-refractivity contribution >= 4 is 17.9 Å². The molecule has 8 heteroatoms. The number of benzene rings is 1. The lowest BCUT2D eigenvalue weighted by Gasteiger charge is -2.29. The molecule has 30 heavy (non-hydrogen) atoms. The van der Waals surface area contributed by atoms with Crippen molar-refractivity contribution < 1.29 is 24.2 Å². The van der Waals surface area contributed by atoms with Gasteiger partial charge in [0, 0.05) is 12.6 Å². The van der Waals surface area contributed by atoms with E-state index in [9.17, 15) is 19.5 Å². The van der Waals surface area contributed by atoms with Gasteiger partial charge in [0.05, 0.1) is 0 Å². The summed E-state index contributed by atoms with van der Waals surface area (Å²) < 4.78 is 5.16. The molecule has 8 nitrogen and oxygen atoms in total. The van der Waals surface area contributed by atoms with Crippen molar-refractivity contribution in [1.82, 2.24) is 15.5 Å². The standard InChI is InChI=1S/C22H31N3O5/c1-7-9-13-23-19(27)18(16-11-10-12-17(26)14-16)25(8-2)20(28)15(3)24-21(29)30-22(4,5)6/h2,10-12,14-15,18,26H,7,9,13H2,1,3-6H3,(H,23,27)(H,24,29). The molecular formula is C22H31N3O5. The van der Waals surface area contributed by atoms with Crippen molar-refractivity contribution in [2.75, 3.05) is 6.54 Å². The summed E-state index contributed by atoms with van der Waals surface area (Å²) in [5, 5.41) is 15.0. The van der Waals surface area contributed by atoms with E-state index in [4.69, 9.17) is 11.2 Å². The fourth-order valence-corrected chi connectivity index (χ4v) is 2.62. The van der Waals surface area contributed by atoms with Gasteiger partial charge < -0.3 is 20.5 Å². The SMILES string of the molecule is C#CN(C(=O)C(C)NC(=O)OC(C)(C)C)C(C(=O)NCCCC)c1cccc(O)c1. The summed E-state index contributed by atoms with van der Waals surface area (Å²) in [4.78, 5) is 38.8. The molecule has 0 bridgehead atoms. The van der Waals surface area contributed by atoms with Crippen LogP contribution in [0.3, 0.4) is 0 Å². The van der Waals surface area contributed by atoms with Gasteiger partial charge in [0.1, 0.15) is 23.4 Å². The summed E-state index contributed by atoms with van der Waals surface area (Å²) in [6.07, 6.45) is 6.45. The molecule has 0 aliphatic heterocycles. The molecule has 2 unspecified atom stereocenters. The number of phenolic OH excluding ortho intramolecular Hbond substituents is 1. The van der Waals surface area contributed by atoms with Crippen molar-refractivity contribution in [3.05, 3.63) is 29.8 Å². The maximum absolute atomic E-state index is 13.0. The number of rotatable bonds is 8. The summed E-state index contributed by atoms with van der Waals surface area (Å²) in [6.45, 7) is 8.95. The van der Waals surface area contributed by atoms with Crippen LogP contribution in [0.1, 0.15) is 59.1 Å². The Morgan fingerprint density at radius 3 is 2.50 bits per heavy atom. The Hall–Kier alpha value is -3.21. The third-order valence-electron chi connectivity index (χ3n) is 4.00. The third kappa shape index (κ3) is 7.66. The highest BCUT2D eigenvalue weighted by atomic mass is 16.6. The molecule has 0 saturated carbocycles. The van der Waals surface area contributed by atoms with E-state index in [2.05, 4.69) is 16.7 Å². The van der Waals surface area contributed by atoms with Crippen molar-refractivity contribution in [2.24, 2.45) is 0 Å². The van der Waals surface area contributed by atoms with Gasteiger partial charge in [-0.15, -0.1) is 0 Å². The second kappa shape index (κ2) is 11.1. The monoisotopic (exact) mass is 417 g/mol. The van der Waals surface area contributed by atoms with Gasteiger partial charge in [-0.1, -0.05) is 31.9 Å². The van der Waals surface area contributed by atoms with Gasteiger partial charge in [-0.3, -0.25) is 14.5 Å². The molecule has 1 aromatic carbocycles. The van der Waals surface area contributed by atoms with E-state index < -0.39 is 35.6 Å². The molecular weight excluding hydrogens is 386 g/mol. The lowest BCUT2D eigenvalue weighted by atomic mass is 10.0. The first kappa shape index (κ1) is 24.8. The summed E-state index contributed by atoms with van der Waals surface area (Å²) in [6, 6.07) is 5.99. The number of unbranched alkanes of at least 4 members (excludes halogenated alkanes) is 1. The zero-order valence-corrected chi connectivity index (χ0v) is 18.2. The number of nitrogens with zero attached hydrogens (tertiary/aromatic N) is 1. The van der Waals surface area contributed by atoms with E-state index in [1.54, 1.807) is 32.9 Å². The smallest absolute Gasteiger partial charge is 0.408 e. The summed E-state index contributed by atoms with van der Waals surface area (Å²) >= 11 is 0. The minimum Gasteiger partial charge on any atom is -0.508 e. The van der Waals surface area contributed by atoms with Gasteiger partial charge in [-0.25, -0.2) is 4.79 Å². The second-order valence-electron chi connectivity index (χ2n) is 7.85. The predicted octanol–water partition coefficient (Wildman–Crippen LogP) is 2.68. The Morgan fingerprint density at radius 1 is 1.30 bits per heavy atom. The normalized spacial score (nSPS) is 12.8. The van der Waals surface area contributed by atoms with Crippen LogP contribution in [-0.2, 0) is 14.3 Å². The highest BCUT2D eigenvalue weighted by Crippen LogP contribution is 2.25. The maximum Gasteiger partial charge on any atom is 0.408 e. The fraction of sp³-hybridized carbons (Fsp3) is 0.500. The number of phenols is 1. The minimum atomic E-state index is -1.17. The lowest BCUT2D eigenvalue weighted by Crippen LogP contribution is -2.50. The minimum absolute atomic E-state index is 0.0665. The average Bonchev–Trinajstić information content (AvgIpc) is 2.63. The van der Waals surface area contributed by atoms with Gasteiger partial charge >= 0.3 is 6.09 Å². The van der Waals surface area contributed by atoms with Crippen molar-refractivity contribution in [2.45, 2.75) is 65.1 Å². The Morgan fingerprint density at radius 2 is 1.97 bits per heavy atom. The van der Waals surface area contributed by atoms with Crippen LogP contribution in [0.2, 0.25) is 0 Å². The molecule has 1 rings (SSSR count). The Balaban J connectivity index is 3.12. The first-order valence-corrected chi connectivity index (χ1v) is 9.85. The van der Waals surface area contributed by atoms with Crippen LogP contribution in [0.15, 0.2) is 24.3 Å². The summed E-state index contributed by atoms with van der Waals surface area (Å²) in [5.41, 5.74) is -0.387. The number of ether oxygens (including phenoxy) is 1. The molecule has 0 saturated heterocycles. The van der Waals surface area contributed by atoms with E-state index in [0.29, 0.717) is 12.1 Å². The number of terminal acetylenes is 1. The molecule has 164 valence electrons. The molecule has 0 aliphatic carbocycles. The number of carbonyl (C=O) groups excluding carboxylic acids is 3. The molecule has 0 spiro atoms. The third-order valence-corrected chi connectivity index (χ3v) is 4.00. The molecule has 0 radical (unpaired) electrons. The average molecular weight is 418 g/mol. The van der Waals surface area contributed by atoms with Crippen LogP contribution < -0.4 is 10.6 Å². The zero-order chi connectivity index (χ0) is 22.9. The van der Waals surface area contributed by atoms with Gasteiger partial charge in [0.15, 0.2) is 0 Å². The molecule has 3 amide bonds. The Kier molecular flexibility index (Phi) is 9.18. The second-order valence-corrected chi connectivity index (χ2v) is 7.85. The highest BCUT2D eigenvalue weighted by Gasteiger charge is 2.34. The van der Waals surface area contributed by atoms with Crippen molar-refractivity contribution in [1.29, 1.82) is 0 Å². The molecule has 1 aromatic rings. The number of carbonyl (C=O) groups is 3. The van der Waals surface area contributed by atoms with E-state index in [0.717, 1.165) is 17.7 Å². The van der Waals surface area contributed by atoms with Gasteiger partial charge in [-0.2, -0.15) is 0 Å². The van der Waals surface area contributed by atoms with Crippen LogP contribution >= 0.6 is 0 Å². The van der Waals surface area contributed by atoms with Gasteiger partial charge in [-0.05, 0) is 51.8 Å². The van der Waals surface area contributed by atoms with Crippen LogP contribution in [0.4, 0.5) is 4.79 Å². The molecule has 0 aromatic heterocycles. The Bertz CT molecular complexity index is 795. The summed E-state index contributed by atoms with van der Waals surface area (Å²) in [5.74, 6) is -1.21. The number of nitrogens with one attached hydrogen (secondary N) is 2. The topological polar surface area (TPSA) is 108 Å². The van der Waals surface area contributed by atoms with Gasteiger partial charge in [0.25, 0.3) is 5.91 Å². The number of hydrogen-bond donors (Lipinski definition) is 3. The number of aromatic hydroxyl groups is 1. The largest absolute Gasteiger partial charge is 0.508 e.